The van der Waals surface area contributed by atoms with Gasteiger partial charge in [0, 0.05) is 62.1 Å². The van der Waals surface area contributed by atoms with Crippen LogP contribution in [0.1, 0.15) is 11.3 Å². The first-order valence-corrected chi connectivity index (χ1v) is 11.8. The lowest BCUT2D eigenvalue weighted by Crippen LogP contribution is -2.40. The van der Waals surface area contributed by atoms with Crippen molar-refractivity contribution in [3.63, 3.8) is 0 Å². The Bertz CT molecular complexity index is 553. The van der Waals surface area contributed by atoms with Gasteiger partial charge in [-0.15, -0.1) is 46.4 Å². The molecule has 0 bridgehead atoms. The number of alkyl halides is 4. The van der Waals surface area contributed by atoms with Gasteiger partial charge in [-0.1, -0.05) is 0 Å². The molecule has 0 amide bonds. The Balaban J connectivity index is 3.06. The SMILES string of the molecule is Cc1cc(COP(=O)(C(CCl)NCCCl)N(CCCl)CCCl)n(C)c1. The lowest BCUT2D eigenvalue weighted by molar-refractivity contribution is 0.241. The fraction of sp³-hybridized carbons (Fsp3) is 0.733. The molecule has 0 aliphatic carbocycles. The van der Waals surface area contributed by atoms with Crippen LogP contribution in [0.3, 0.4) is 0 Å². The van der Waals surface area contributed by atoms with E-state index in [1.165, 1.54) is 0 Å². The quantitative estimate of drug-likeness (QED) is 0.359. The molecule has 0 saturated heterocycles. The van der Waals surface area contributed by atoms with Crippen LogP contribution in [0.5, 0.6) is 0 Å². The van der Waals surface area contributed by atoms with Gasteiger partial charge >= 0.3 is 0 Å². The molecule has 0 aromatic carbocycles. The van der Waals surface area contributed by atoms with Crippen LogP contribution in [-0.2, 0) is 22.7 Å². The van der Waals surface area contributed by atoms with E-state index in [1.54, 1.807) is 4.67 Å². The summed E-state index contributed by atoms with van der Waals surface area (Å²) in [7, 11) is -1.40. The van der Waals surface area contributed by atoms with Crippen LogP contribution in [0.15, 0.2) is 12.3 Å². The van der Waals surface area contributed by atoms with Crippen LogP contribution in [0.25, 0.3) is 0 Å². The first kappa shape index (κ1) is 23.6. The fourth-order valence-corrected chi connectivity index (χ4v) is 6.26. The van der Waals surface area contributed by atoms with Crippen molar-refractivity contribution in [1.82, 2.24) is 14.6 Å². The zero-order chi connectivity index (χ0) is 18.9. The molecule has 1 heterocycles. The Morgan fingerprint density at radius 2 is 1.88 bits per heavy atom. The first-order valence-electron chi connectivity index (χ1n) is 8.01. The van der Waals surface area contributed by atoms with E-state index >= 15 is 0 Å². The highest BCUT2D eigenvalue weighted by atomic mass is 35.5. The Labute approximate surface area is 170 Å². The summed E-state index contributed by atoms with van der Waals surface area (Å²) in [6, 6.07) is 2.00. The van der Waals surface area contributed by atoms with Crippen molar-refractivity contribution < 1.29 is 9.09 Å². The highest BCUT2D eigenvalue weighted by molar-refractivity contribution is 7.57. The van der Waals surface area contributed by atoms with Gasteiger partial charge in [-0.25, -0.2) is 4.67 Å². The van der Waals surface area contributed by atoms with E-state index in [0.29, 0.717) is 37.3 Å². The number of hydrogen-bond acceptors (Lipinski definition) is 3. The van der Waals surface area contributed by atoms with E-state index in [-0.39, 0.29) is 12.5 Å². The van der Waals surface area contributed by atoms with Crippen LogP contribution in [-0.4, -0.2) is 58.2 Å². The van der Waals surface area contributed by atoms with E-state index < -0.39 is 13.3 Å². The van der Waals surface area contributed by atoms with Crippen molar-refractivity contribution in [3.8, 4) is 0 Å². The molecule has 0 aliphatic heterocycles. The number of rotatable bonds is 13. The summed E-state index contributed by atoms with van der Waals surface area (Å²) in [5.74, 6) is 0.591. The van der Waals surface area contributed by atoms with Gasteiger partial charge in [-0.05, 0) is 18.6 Å². The van der Waals surface area contributed by atoms with E-state index in [4.69, 9.17) is 50.9 Å². The Hall–Kier alpha value is 0.550. The van der Waals surface area contributed by atoms with Gasteiger partial charge < -0.3 is 14.4 Å². The lowest BCUT2D eigenvalue weighted by atomic mass is 10.3. The molecule has 1 aromatic heterocycles. The monoisotopic (exact) mass is 451 g/mol. The van der Waals surface area contributed by atoms with Crippen LogP contribution >= 0.6 is 53.9 Å². The molecule has 2 unspecified atom stereocenters. The third-order valence-corrected chi connectivity index (χ3v) is 7.63. The molecule has 10 heteroatoms. The zero-order valence-electron chi connectivity index (χ0n) is 14.6. The van der Waals surface area contributed by atoms with Crippen molar-refractivity contribution in [2.75, 3.05) is 43.2 Å². The molecule has 0 spiro atoms. The van der Waals surface area contributed by atoms with E-state index in [2.05, 4.69) is 5.32 Å². The number of aryl methyl sites for hydroxylation is 2. The van der Waals surface area contributed by atoms with Gasteiger partial charge in [0.05, 0.1) is 6.61 Å². The summed E-state index contributed by atoms with van der Waals surface area (Å²) >= 11 is 23.6. The minimum atomic E-state index is -3.33. The molecule has 2 atom stereocenters. The number of nitrogens with one attached hydrogen (secondary N) is 1. The number of aromatic nitrogens is 1. The second kappa shape index (κ2) is 12.1. The maximum absolute atomic E-state index is 13.8. The highest BCUT2D eigenvalue weighted by Crippen LogP contribution is 2.55. The third-order valence-electron chi connectivity index (χ3n) is 3.74. The van der Waals surface area contributed by atoms with Gasteiger partial charge in [0.25, 0.3) is 7.52 Å². The van der Waals surface area contributed by atoms with Crippen molar-refractivity contribution >= 4 is 53.9 Å². The predicted octanol–water partition coefficient (Wildman–Crippen LogP) is 4.22. The Morgan fingerprint density at radius 1 is 1.24 bits per heavy atom. The molecule has 146 valence electrons. The van der Waals surface area contributed by atoms with Gasteiger partial charge in [-0.3, -0.25) is 4.57 Å². The van der Waals surface area contributed by atoms with Crippen molar-refractivity contribution in [1.29, 1.82) is 0 Å². The number of halogens is 4. The predicted molar refractivity (Wildman–Crippen MR) is 109 cm³/mol. The molecule has 0 fully saturated rings. The molecular formula is C15H26Cl4N3O2P. The normalized spacial score (nSPS) is 15.5. The number of nitrogens with zero attached hydrogens (tertiary/aromatic N) is 2. The summed E-state index contributed by atoms with van der Waals surface area (Å²) in [6.45, 7) is 3.48. The van der Waals surface area contributed by atoms with Gasteiger partial charge in [-0.2, -0.15) is 0 Å². The molecular weight excluding hydrogens is 427 g/mol. The van der Waals surface area contributed by atoms with Crippen molar-refractivity contribution in [2.24, 2.45) is 7.05 Å². The maximum atomic E-state index is 13.8. The molecule has 0 aliphatic rings. The second-order valence-electron chi connectivity index (χ2n) is 5.60. The van der Waals surface area contributed by atoms with Gasteiger partial charge in [0.15, 0.2) is 0 Å². The van der Waals surface area contributed by atoms with E-state index in [9.17, 15) is 4.57 Å². The average Bonchev–Trinajstić information content (AvgIpc) is 2.91. The van der Waals surface area contributed by atoms with Crippen molar-refractivity contribution in [2.45, 2.75) is 19.3 Å². The van der Waals surface area contributed by atoms with E-state index in [0.717, 1.165) is 11.3 Å². The highest BCUT2D eigenvalue weighted by Gasteiger charge is 2.39. The van der Waals surface area contributed by atoms with Gasteiger partial charge in [0.1, 0.15) is 5.78 Å². The first-order chi connectivity index (χ1) is 11.9. The minimum absolute atomic E-state index is 0.126. The zero-order valence-corrected chi connectivity index (χ0v) is 18.5. The standard InChI is InChI=1S/C15H26Cl4N3O2P/c1-13-9-14(21(2)11-13)12-24-25(23,15(10-19)20-6-3-16)22(7-4-17)8-5-18/h9,11,15,20H,3-8,10,12H2,1-2H3. The maximum Gasteiger partial charge on any atom is 0.290 e. The van der Waals surface area contributed by atoms with Gasteiger partial charge in [0.2, 0.25) is 0 Å². The number of hydrogen-bond donors (Lipinski definition) is 1. The summed E-state index contributed by atoms with van der Waals surface area (Å²) in [6.07, 6.45) is 1.99. The van der Waals surface area contributed by atoms with Crippen molar-refractivity contribution in [3.05, 3.63) is 23.5 Å². The summed E-state index contributed by atoms with van der Waals surface area (Å²) < 4.78 is 23.4. The molecule has 0 radical (unpaired) electrons. The van der Waals surface area contributed by atoms with E-state index in [1.807, 2.05) is 30.8 Å². The Kier molecular flexibility index (Phi) is 11.4. The smallest absolute Gasteiger partial charge is 0.290 e. The summed E-state index contributed by atoms with van der Waals surface area (Å²) in [5.41, 5.74) is 2.04. The molecule has 1 rings (SSSR count). The van der Waals surface area contributed by atoms with Crippen LogP contribution in [0.2, 0.25) is 0 Å². The third kappa shape index (κ3) is 6.90. The molecule has 25 heavy (non-hydrogen) atoms. The average molecular weight is 453 g/mol. The Morgan fingerprint density at radius 3 is 2.32 bits per heavy atom. The molecule has 5 nitrogen and oxygen atoms in total. The second-order valence-corrected chi connectivity index (χ2v) is 9.62. The molecule has 0 saturated carbocycles. The van der Waals surface area contributed by atoms with Crippen LogP contribution in [0.4, 0.5) is 0 Å². The summed E-state index contributed by atoms with van der Waals surface area (Å²) in [4.78, 5) is 0. The van der Waals surface area contributed by atoms with Crippen LogP contribution < -0.4 is 5.32 Å². The lowest BCUT2D eigenvalue weighted by Gasteiger charge is -2.35. The summed E-state index contributed by atoms with van der Waals surface area (Å²) in [5, 5.41) is 3.13. The molecule has 1 N–H and O–H groups in total. The molecule has 1 aromatic rings. The van der Waals surface area contributed by atoms with Crippen LogP contribution in [0, 0.1) is 6.92 Å². The largest absolute Gasteiger partial charge is 0.352 e. The minimum Gasteiger partial charge on any atom is -0.352 e. The fourth-order valence-electron chi connectivity index (χ4n) is 2.53. The topological polar surface area (TPSA) is 46.5 Å².